The summed E-state index contributed by atoms with van der Waals surface area (Å²) in [6, 6.07) is 6.77. The molecule has 1 saturated heterocycles. The predicted molar refractivity (Wildman–Crippen MR) is 67.4 cm³/mol. The highest BCUT2D eigenvalue weighted by atomic mass is 16.6. The fourth-order valence-electron chi connectivity index (χ4n) is 2.02. The van der Waals surface area contributed by atoms with Crippen LogP contribution in [0.4, 0.5) is 10.5 Å². The van der Waals surface area contributed by atoms with Crippen molar-refractivity contribution in [3.05, 3.63) is 24.3 Å². The minimum absolute atomic E-state index is 0.0175. The topological polar surface area (TPSA) is 52.7 Å². The van der Waals surface area contributed by atoms with Crippen molar-refractivity contribution in [1.82, 2.24) is 4.90 Å². The van der Waals surface area contributed by atoms with Gasteiger partial charge < -0.3 is 14.5 Å². The van der Waals surface area contributed by atoms with Crippen molar-refractivity contribution >= 4 is 11.8 Å². The molecule has 0 aromatic heterocycles. The summed E-state index contributed by atoms with van der Waals surface area (Å²) in [7, 11) is 0. The van der Waals surface area contributed by atoms with E-state index in [0.29, 0.717) is 19.7 Å². The summed E-state index contributed by atoms with van der Waals surface area (Å²) in [4.78, 5) is 15.4. The lowest BCUT2D eigenvalue weighted by Crippen LogP contribution is -2.48. The van der Waals surface area contributed by atoms with Crippen LogP contribution < -0.4 is 4.90 Å². The van der Waals surface area contributed by atoms with Crippen LogP contribution >= 0.6 is 0 Å². The van der Waals surface area contributed by atoms with Crippen molar-refractivity contribution in [3.8, 4) is 5.75 Å². The Morgan fingerprint density at radius 3 is 2.33 bits per heavy atom. The van der Waals surface area contributed by atoms with Gasteiger partial charge in [0.15, 0.2) is 5.75 Å². The van der Waals surface area contributed by atoms with Gasteiger partial charge in [-0.15, -0.1) is 0 Å². The Hall–Kier alpha value is -1.91. The van der Waals surface area contributed by atoms with Crippen LogP contribution in [0.15, 0.2) is 24.3 Å². The summed E-state index contributed by atoms with van der Waals surface area (Å²) < 4.78 is 4.97. The molecule has 0 aliphatic carbocycles. The second-order valence-electron chi connectivity index (χ2n) is 4.17. The molecule has 0 N–H and O–H groups in total. The number of carbonyl (C=O) groups is 1. The zero-order chi connectivity index (χ0) is 13.0. The Bertz CT molecular complexity index is 397. The third-order valence-electron chi connectivity index (χ3n) is 3.01. The zero-order valence-electron chi connectivity index (χ0n) is 10.5. The molecule has 1 amide bonds. The van der Waals surface area contributed by atoms with Gasteiger partial charge in [0.1, 0.15) is 0 Å². The second-order valence-corrected chi connectivity index (χ2v) is 4.17. The molecule has 0 bridgehead atoms. The quantitative estimate of drug-likeness (QED) is 0.806. The van der Waals surface area contributed by atoms with Gasteiger partial charge in [-0.25, -0.2) is 4.79 Å². The molecule has 1 radical (unpaired) electrons. The van der Waals surface area contributed by atoms with Crippen molar-refractivity contribution in [1.29, 1.82) is 0 Å². The number of hydrogen-bond acceptors (Lipinski definition) is 3. The average molecular weight is 249 g/mol. The zero-order valence-corrected chi connectivity index (χ0v) is 10.5. The molecule has 1 aromatic rings. The molecular formula is C13H17N2O3. The van der Waals surface area contributed by atoms with E-state index >= 15 is 0 Å². The van der Waals surface area contributed by atoms with Gasteiger partial charge in [0.25, 0.3) is 0 Å². The van der Waals surface area contributed by atoms with E-state index in [-0.39, 0.29) is 11.8 Å². The van der Waals surface area contributed by atoms with Crippen molar-refractivity contribution in [2.45, 2.75) is 6.92 Å². The van der Waals surface area contributed by atoms with Gasteiger partial charge in [0, 0.05) is 31.9 Å². The number of carbonyl (C=O) groups excluding carboxylic acids is 1. The summed E-state index contributed by atoms with van der Waals surface area (Å²) in [5.41, 5.74) is 1.03. The van der Waals surface area contributed by atoms with E-state index in [1.165, 1.54) is 0 Å². The first-order valence-electron chi connectivity index (χ1n) is 6.14. The van der Waals surface area contributed by atoms with Gasteiger partial charge in [0.05, 0.1) is 6.61 Å². The van der Waals surface area contributed by atoms with E-state index in [0.717, 1.165) is 18.8 Å². The number of rotatable bonds is 2. The average Bonchev–Trinajstić information content (AvgIpc) is 2.40. The predicted octanol–water partition coefficient (Wildman–Crippen LogP) is 2.11. The largest absolute Gasteiger partial charge is 0.450 e. The molecule has 0 saturated carbocycles. The second kappa shape index (κ2) is 5.62. The Labute approximate surface area is 107 Å². The minimum Gasteiger partial charge on any atom is -0.450 e. The number of benzene rings is 1. The number of piperazine rings is 1. The fourth-order valence-corrected chi connectivity index (χ4v) is 2.02. The lowest BCUT2D eigenvalue weighted by atomic mass is 10.2. The van der Waals surface area contributed by atoms with Crippen molar-refractivity contribution in [2.24, 2.45) is 0 Å². The minimum atomic E-state index is -0.243. The van der Waals surface area contributed by atoms with E-state index < -0.39 is 0 Å². The normalized spacial score (nSPS) is 15.6. The van der Waals surface area contributed by atoms with Gasteiger partial charge in [-0.05, 0) is 31.2 Å². The van der Waals surface area contributed by atoms with Crippen LogP contribution in [0.1, 0.15) is 6.92 Å². The van der Waals surface area contributed by atoms with E-state index in [1.807, 2.05) is 12.1 Å². The van der Waals surface area contributed by atoms with Crippen LogP contribution in [0.2, 0.25) is 0 Å². The Balaban J connectivity index is 1.90. The molecular weight excluding hydrogens is 232 g/mol. The van der Waals surface area contributed by atoms with Crippen molar-refractivity contribution in [3.63, 3.8) is 0 Å². The standard InChI is InChI=1S/C13H17N2O3/c1-2-18-13(17)15-9-7-14(8-10-15)11-3-5-12(16)6-4-11/h3-6H,2,7-10H2,1H3. The number of nitrogens with zero attached hydrogens (tertiary/aromatic N) is 2. The van der Waals surface area contributed by atoms with Gasteiger partial charge in [-0.1, -0.05) is 0 Å². The molecule has 0 unspecified atom stereocenters. The number of ether oxygens (including phenoxy) is 1. The Kier molecular flexibility index (Phi) is 3.92. The molecule has 1 aromatic carbocycles. The van der Waals surface area contributed by atoms with E-state index in [9.17, 15) is 9.90 Å². The number of anilines is 1. The summed E-state index contributed by atoms with van der Waals surface area (Å²) in [5.74, 6) is 0.0175. The third-order valence-corrected chi connectivity index (χ3v) is 3.01. The molecule has 5 heteroatoms. The summed E-state index contributed by atoms with van der Waals surface area (Å²) in [6.07, 6.45) is -0.243. The summed E-state index contributed by atoms with van der Waals surface area (Å²) in [6.45, 7) is 5.03. The Morgan fingerprint density at radius 2 is 1.78 bits per heavy atom. The first-order valence-corrected chi connectivity index (χ1v) is 6.14. The fraction of sp³-hybridized carbons (Fsp3) is 0.462. The molecule has 18 heavy (non-hydrogen) atoms. The van der Waals surface area contributed by atoms with E-state index in [2.05, 4.69) is 4.90 Å². The van der Waals surface area contributed by atoms with Crippen LogP contribution in [-0.4, -0.2) is 43.8 Å². The molecule has 0 spiro atoms. The summed E-state index contributed by atoms with van der Waals surface area (Å²) >= 11 is 0. The molecule has 1 aliphatic heterocycles. The highest BCUT2D eigenvalue weighted by molar-refractivity contribution is 5.68. The van der Waals surface area contributed by atoms with Crippen molar-refractivity contribution < 1.29 is 14.6 Å². The number of hydrogen-bond donors (Lipinski definition) is 0. The molecule has 5 nitrogen and oxygen atoms in total. The van der Waals surface area contributed by atoms with E-state index in [4.69, 9.17) is 4.74 Å². The maximum atomic E-state index is 11.5. The third kappa shape index (κ3) is 2.85. The lowest BCUT2D eigenvalue weighted by molar-refractivity contribution is 0.105. The van der Waals surface area contributed by atoms with Crippen molar-refractivity contribution in [2.75, 3.05) is 37.7 Å². The maximum absolute atomic E-state index is 11.5. The van der Waals surface area contributed by atoms with Crippen LogP contribution in [0.3, 0.4) is 0 Å². The first-order chi connectivity index (χ1) is 8.70. The monoisotopic (exact) mass is 249 g/mol. The van der Waals surface area contributed by atoms with Gasteiger partial charge >= 0.3 is 6.09 Å². The van der Waals surface area contributed by atoms with Crippen LogP contribution in [0, 0.1) is 0 Å². The van der Waals surface area contributed by atoms with Gasteiger partial charge in [0.2, 0.25) is 0 Å². The van der Waals surface area contributed by atoms with E-state index in [1.54, 1.807) is 24.0 Å². The molecule has 2 rings (SSSR count). The lowest BCUT2D eigenvalue weighted by Gasteiger charge is -2.35. The molecule has 1 heterocycles. The first kappa shape index (κ1) is 12.5. The SMILES string of the molecule is CCOC(=O)N1CCN(c2ccc([O])cc2)CC1. The van der Waals surface area contributed by atoms with Gasteiger partial charge in [-0.2, -0.15) is 0 Å². The Morgan fingerprint density at radius 1 is 1.17 bits per heavy atom. The molecule has 97 valence electrons. The molecule has 1 aliphatic rings. The smallest absolute Gasteiger partial charge is 0.409 e. The highest BCUT2D eigenvalue weighted by Gasteiger charge is 2.21. The van der Waals surface area contributed by atoms with Crippen LogP contribution in [0.25, 0.3) is 0 Å². The number of amides is 1. The van der Waals surface area contributed by atoms with Crippen LogP contribution in [-0.2, 0) is 9.84 Å². The maximum Gasteiger partial charge on any atom is 0.409 e. The molecule has 1 fully saturated rings. The van der Waals surface area contributed by atoms with Crippen LogP contribution in [0.5, 0.6) is 5.75 Å². The highest BCUT2D eigenvalue weighted by Crippen LogP contribution is 2.20. The molecule has 0 atom stereocenters. The summed E-state index contributed by atoms with van der Waals surface area (Å²) in [5, 5.41) is 11.0. The van der Waals surface area contributed by atoms with Gasteiger partial charge in [-0.3, -0.25) is 5.11 Å².